The van der Waals surface area contributed by atoms with Gasteiger partial charge in [-0.25, -0.2) is 4.79 Å². The molecule has 3 N–H and O–H groups in total. The van der Waals surface area contributed by atoms with Crippen LogP contribution in [0.4, 0.5) is 0 Å². The number of carbonyl (C=O) groups is 2. The Labute approximate surface area is 116 Å². The highest BCUT2D eigenvalue weighted by Crippen LogP contribution is 2.19. The van der Waals surface area contributed by atoms with Crippen molar-refractivity contribution in [2.24, 2.45) is 0 Å². The van der Waals surface area contributed by atoms with Crippen molar-refractivity contribution < 1.29 is 36.8 Å². The van der Waals surface area contributed by atoms with Crippen LogP contribution in [0.2, 0.25) is 0 Å². The van der Waals surface area contributed by atoms with Gasteiger partial charge in [0.05, 0.1) is 6.42 Å². The molecule has 1 rings (SSSR count). The molecule has 0 aromatic carbocycles. The molecule has 0 bridgehead atoms. The van der Waals surface area contributed by atoms with Crippen molar-refractivity contribution in [3.63, 3.8) is 0 Å². The maximum absolute atomic E-state index is 11.5. The van der Waals surface area contributed by atoms with Gasteiger partial charge in [0.1, 0.15) is 6.10 Å². The Bertz CT molecular complexity index is 553. The number of carbonyl (C=O) groups excluding carboxylic acids is 2. The predicted octanol–water partition coefficient (Wildman–Crippen LogP) is -1.18. The fourth-order valence-electron chi connectivity index (χ4n) is 1.37. The third kappa shape index (κ3) is 3.58. The van der Waals surface area contributed by atoms with Crippen molar-refractivity contribution in [1.82, 2.24) is 0 Å². The van der Waals surface area contributed by atoms with Crippen LogP contribution >= 0.6 is 0 Å². The summed E-state index contributed by atoms with van der Waals surface area (Å²) in [6.45, 7) is 0. The van der Waals surface area contributed by atoms with Gasteiger partial charge in [0.15, 0.2) is 24.1 Å². The Hall–Kier alpha value is -2.30. The Morgan fingerprint density at radius 3 is 2.63 bits per heavy atom. The Balaban J connectivity index is -0.000000241. The second-order valence-electron chi connectivity index (χ2n) is 3.62. The first-order valence-electron chi connectivity index (χ1n) is 5.20. The monoisotopic (exact) mass is 272 g/mol. The molecule has 1 fully saturated rings. The normalized spacial score (nSPS) is 26.0. The number of ether oxygens (including phenoxy) is 1. The largest absolute Gasteiger partial charge is 0.454 e. The zero-order chi connectivity index (χ0) is 14.4. The van der Waals surface area contributed by atoms with Gasteiger partial charge < -0.3 is 20.1 Å². The number of Topliss-reactive ketones (excluding diaryl/α,β-unsaturated/α-hetero) is 1. The van der Waals surface area contributed by atoms with Gasteiger partial charge in [-0.3, -0.25) is 4.79 Å². The number of aliphatic hydroxyl groups excluding tert-OH is 3. The molecule has 0 aromatic heterocycles. The van der Waals surface area contributed by atoms with E-state index in [2.05, 4.69) is 28.4 Å². The quantitative estimate of drug-likeness (QED) is 0.441. The second kappa shape index (κ2) is 6.58. The third-order valence-electron chi connectivity index (χ3n) is 2.34. The van der Waals surface area contributed by atoms with Crippen LogP contribution in [0, 0.1) is 36.0 Å². The number of ketones is 1. The molecule has 0 aromatic rings. The number of esters is 1. The highest BCUT2D eigenvalue weighted by molar-refractivity contribution is 5.87. The van der Waals surface area contributed by atoms with Gasteiger partial charge in [-0.2, -0.15) is 0 Å². The number of rotatable bonds is 3. The molecule has 0 saturated carbocycles. The first kappa shape index (κ1) is 14.8. The molecular formula is C13H20O6. The van der Waals surface area contributed by atoms with Gasteiger partial charge in [-0.05, 0) is 23.7 Å². The SMILES string of the molecule is C#CC#CC#CCC(=O)[C@H](O)[C@H]1OC(=O)[C@@H](O)[C@H]1O.[HH].[HH].[HH].[HH].[HH]. The van der Waals surface area contributed by atoms with Crippen molar-refractivity contribution in [3.8, 4) is 36.0 Å². The highest BCUT2D eigenvalue weighted by atomic mass is 16.6. The molecule has 1 heterocycles. The average Bonchev–Trinajstić information content (AvgIpc) is 2.65. The van der Waals surface area contributed by atoms with Crippen LogP contribution in [-0.4, -0.2) is 51.5 Å². The molecule has 6 nitrogen and oxygen atoms in total. The first-order valence-corrected chi connectivity index (χ1v) is 5.20. The topological polar surface area (TPSA) is 104 Å². The molecule has 0 aliphatic carbocycles. The number of terminal acetylenes is 1. The summed E-state index contributed by atoms with van der Waals surface area (Å²) in [5, 5.41) is 28.1. The van der Waals surface area contributed by atoms with Crippen molar-refractivity contribution >= 4 is 11.8 Å². The Morgan fingerprint density at radius 2 is 2.11 bits per heavy atom. The van der Waals surface area contributed by atoms with E-state index in [4.69, 9.17) is 11.5 Å². The van der Waals surface area contributed by atoms with Gasteiger partial charge in [-0.15, -0.1) is 6.42 Å². The summed E-state index contributed by atoms with van der Waals surface area (Å²) in [5.41, 5.74) is 0. The lowest BCUT2D eigenvalue weighted by Gasteiger charge is -2.17. The summed E-state index contributed by atoms with van der Waals surface area (Å²) in [6.07, 6.45) is -2.17. The molecular weight excluding hydrogens is 252 g/mol. The molecule has 6 heteroatoms. The number of hydrogen-bond acceptors (Lipinski definition) is 6. The molecule has 0 radical (unpaired) electrons. The Kier molecular flexibility index (Phi) is 5.11. The number of aliphatic hydroxyl groups is 3. The van der Waals surface area contributed by atoms with Gasteiger partial charge >= 0.3 is 5.97 Å². The van der Waals surface area contributed by atoms with Crippen LogP contribution < -0.4 is 0 Å². The van der Waals surface area contributed by atoms with Gasteiger partial charge in [0.25, 0.3) is 0 Å². The van der Waals surface area contributed by atoms with Crippen molar-refractivity contribution in [2.75, 3.05) is 0 Å². The average molecular weight is 272 g/mol. The minimum Gasteiger partial charge on any atom is -0.454 e. The van der Waals surface area contributed by atoms with Gasteiger partial charge in [0.2, 0.25) is 0 Å². The van der Waals surface area contributed by atoms with Crippen LogP contribution in [0.15, 0.2) is 0 Å². The summed E-state index contributed by atoms with van der Waals surface area (Å²) in [5.74, 6) is 9.29. The summed E-state index contributed by atoms with van der Waals surface area (Å²) >= 11 is 0. The van der Waals surface area contributed by atoms with E-state index in [1.54, 1.807) is 0 Å². The molecule has 1 saturated heterocycles. The van der Waals surface area contributed by atoms with Crippen molar-refractivity contribution in [2.45, 2.75) is 30.8 Å². The summed E-state index contributed by atoms with van der Waals surface area (Å²) in [6, 6.07) is 0. The minimum absolute atomic E-state index is 0. The fraction of sp³-hybridized carbons (Fsp3) is 0.385. The first-order chi connectivity index (χ1) is 8.99. The smallest absolute Gasteiger partial charge is 0.338 e. The molecule has 0 amide bonds. The molecule has 19 heavy (non-hydrogen) atoms. The van der Waals surface area contributed by atoms with E-state index in [9.17, 15) is 19.8 Å². The highest BCUT2D eigenvalue weighted by Gasteiger charge is 2.47. The van der Waals surface area contributed by atoms with Crippen molar-refractivity contribution in [3.05, 3.63) is 0 Å². The van der Waals surface area contributed by atoms with E-state index in [0.717, 1.165) is 0 Å². The lowest BCUT2D eigenvalue weighted by atomic mass is 10.0. The Morgan fingerprint density at radius 1 is 1.42 bits per heavy atom. The molecule has 0 spiro atoms. The molecule has 1 aliphatic rings. The maximum atomic E-state index is 11.5. The van der Waals surface area contributed by atoms with E-state index >= 15 is 0 Å². The molecule has 0 unspecified atom stereocenters. The van der Waals surface area contributed by atoms with Crippen molar-refractivity contribution in [1.29, 1.82) is 0 Å². The number of cyclic esters (lactones) is 1. The van der Waals surface area contributed by atoms with Crippen LogP contribution in [0.5, 0.6) is 0 Å². The molecule has 1 aliphatic heterocycles. The lowest BCUT2D eigenvalue weighted by Crippen LogP contribution is -2.42. The number of hydrogen-bond donors (Lipinski definition) is 3. The maximum Gasteiger partial charge on any atom is 0.338 e. The van der Waals surface area contributed by atoms with Crippen LogP contribution in [0.1, 0.15) is 13.6 Å². The lowest BCUT2D eigenvalue weighted by molar-refractivity contribution is -0.153. The van der Waals surface area contributed by atoms with Crippen LogP contribution in [-0.2, 0) is 14.3 Å². The summed E-state index contributed by atoms with van der Waals surface area (Å²) < 4.78 is 4.50. The zero-order valence-electron chi connectivity index (χ0n) is 9.66. The summed E-state index contributed by atoms with van der Waals surface area (Å²) in [7, 11) is 0. The van der Waals surface area contributed by atoms with E-state index in [0.29, 0.717) is 0 Å². The van der Waals surface area contributed by atoms with E-state index < -0.39 is 36.2 Å². The zero-order valence-corrected chi connectivity index (χ0v) is 9.66. The van der Waals surface area contributed by atoms with E-state index in [1.807, 2.05) is 5.92 Å². The van der Waals surface area contributed by atoms with Gasteiger partial charge in [0, 0.05) is 7.13 Å². The van der Waals surface area contributed by atoms with E-state index in [-0.39, 0.29) is 13.6 Å². The predicted molar refractivity (Wildman–Crippen MR) is 72.5 cm³/mol. The minimum atomic E-state index is -1.76. The molecule has 108 valence electrons. The van der Waals surface area contributed by atoms with Crippen LogP contribution in [0.25, 0.3) is 0 Å². The fourth-order valence-corrected chi connectivity index (χ4v) is 1.37. The molecule has 4 atom stereocenters. The van der Waals surface area contributed by atoms with Gasteiger partial charge in [-0.1, -0.05) is 5.92 Å². The second-order valence-corrected chi connectivity index (χ2v) is 3.62. The van der Waals surface area contributed by atoms with E-state index in [1.165, 1.54) is 0 Å². The standard InChI is InChI=1S/C13H10O6.5H2/c1-2-3-4-5-6-7-8(14)9(15)12-10(16)11(17)13(18)19-12;;;;;/h1,9-12,15-17H,7H2;5*1H/t9-,10+,11-,12+;;;;;/m0...../s1. The third-order valence-corrected chi connectivity index (χ3v) is 2.34. The summed E-state index contributed by atoms with van der Waals surface area (Å²) in [4.78, 5) is 22.4. The van der Waals surface area contributed by atoms with Crippen LogP contribution in [0.3, 0.4) is 0 Å².